The molecule has 4 aromatic rings. The van der Waals surface area contributed by atoms with Gasteiger partial charge >= 0.3 is 5.69 Å². The van der Waals surface area contributed by atoms with Gasteiger partial charge in [-0.3, -0.25) is 23.3 Å². The van der Waals surface area contributed by atoms with Crippen LogP contribution in [0.2, 0.25) is 0 Å². The molecule has 168 valence electrons. The van der Waals surface area contributed by atoms with Gasteiger partial charge in [-0.2, -0.15) is 4.98 Å². The van der Waals surface area contributed by atoms with Crippen LogP contribution in [0.3, 0.4) is 0 Å². The molecule has 1 N–H and O–H groups in total. The van der Waals surface area contributed by atoms with Crippen molar-refractivity contribution >= 4 is 16.9 Å². The van der Waals surface area contributed by atoms with Crippen molar-refractivity contribution in [2.45, 2.75) is 32.7 Å². The van der Waals surface area contributed by atoms with E-state index in [0.29, 0.717) is 18.6 Å². The average molecular weight is 439 g/mol. The fourth-order valence-electron chi connectivity index (χ4n) is 3.88. The van der Waals surface area contributed by atoms with E-state index in [1.165, 1.54) is 27.6 Å². The minimum atomic E-state index is -0.615. The third-order valence-electron chi connectivity index (χ3n) is 5.75. The minimum absolute atomic E-state index is 0.0100. The van der Waals surface area contributed by atoms with Crippen molar-refractivity contribution in [3.63, 3.8) is 0 Å². The van der Waals surface area contributed by atoms with E-state index in [1.807, 2.05) is 19.1 Å². The molecule has 0 spiro atoms. The number of rotatable bonds is 6. The van der Waals surface area contributed by atoms with Crippen LogP contribution < -0.4 is 21.5 Å². The Morgan fingerprint density at radius 2 is 1.72 bits per heavy atom. The van der Waals surface area contributed by atoms with Crippen LogP contribution in [-0.2, 0) is 27.1 Å². The van der Waals surface area contributed by atoms with E-state index in [-0.39, 0.29) is 34.9 Å². The smallest absolute Gasteiger partial charge is 0.332 e. The van der Waals surface area contributed by atoms with Crippen LogP contribution in [0.5, 0.6) is 11.6 Å². The zero-order valence-electron chi connectivity index (χ0n) is 18.5. The number of aromatic hydroxyl groups is 1. The number of imidazole rings is 1. The van der Waals surface area contributed by atoms with Crippen LogP contribution in [-0.4, -0.2) is 35.3 Å². The van der Waals surface area contributed by atoms with Gasteiger partial charge in [-0.1, -0.05) is 25.5 Å². The second-order valence-corrected chi connectivity index (χ2v) is 7.77. The fourth-order valence-corrected chi connectivity index (χ4v) is 3.88. The first-order valence-corrected chi connectivity index (χ1v) is 10.4. The highest BCUT2D eigenvalue weighted by Crippen LogP contribution is 2.23. The Morgan fingerprint density at radius 3 is 2.34 bits per heavy atom. The Bertz CT molecular complexity index is 1510. The van der Waals surface area contributed by atoms with Gasteiger partial charge in [0.25, 0.3) is 11.1 Å². The summed E-state index contributed by atoms with van der Waals surface area (Å²) in [6.07, 6.45) is 1.88. The van der Waals surface area contributed by atoms with E-state index in [2.05, 4.69) is 4.98 Å². The monoisotopic (exact) mass is 439 g/mol. The number of nitrogens with zero attached hydrogens (tertiary/aromatic N) is 5. The van der Waals surface area contributed by atoms with Gasteiger partial charge < -0.3 is 9.84 Å². The molecule has 4 rings (SSSR count). The van der Waals surface area contributed by atoms with E-state index in [0.717, 1.165) is 16.6 Å². The van der Waals surface area contributed by atoms with Gasteiger partial charge in [0, 0.05) is 14.1 Å². The molecule has 0 fully saturated rings. The van der Waals surface area contributed by atoms with Gasteiger partial charge in [0.1, 0.15) is 5.75 Å². The predicted molar refractivity (Wildman–Crippen MR) is 120 cm³/mol. The van der Waals surface area contributed by atoms with E-state index in [1.54, 1.807) is 19.2 Å². The van der Waals surface area contributed by atoms with Gasteiger partial charge in [-0.25, -0.2) is 9.20 Å². The molecule has 0 bridgehead atoms. The fraction of sp³-hybridized carbons (Fsp3) is 0.364. The first-order chi connectivity index (χ1) is 15.3. The second-order valence-electron chi connectivity index (χ2n) is 7.77. The van der Waals surface area contributed by atoms with Gasteiger partial charge in [0.15, 0.2) is 11.2 Å². The molecular weight excluding hydrogens is 414 g/mol. The molecule has 32 heavy (non-hydrogen) atoms. The lowest BCUT2D eigenvalue weighted by atomic mass is 10.1. The molecule has 0 amide bonds. The maximum absolute atomic E-state index is 13.4. The predicted octanol–water partition coefficient (Wildman–Crippen LogP) is 1.15. The number of methoxy groups -OCH3 is 1. The van der Waals surface area contributed by atoms with E-state index < -0.39 is 16.8 Å². The molecular formula is C22H25N5O5. The molecule has 10 heteroatoms. The van der Waals surface area contributed by atoms with Crippen LogP contribution in [0.4, 0.5) is 0 Å². The van der Waals surface area contributed by atoms with E-state index in [4.69, 9.17) is 4.74 Å². The highest BCUT2D eigenvalue weighted by atomic mass is 16.5. The average Bonchev–Trinajstić information content (AvgIpc) is 3.20. The number of aryl methyl sites for hydroxylation is 1. The van der Waals surface area contributed by atoms with E-state index in [9.17, 15) is 19.5 Å². The molecule has 0 saturated carbocycles. The second kappa shape index (κ2) is 8.03. The summed E-state index contributed by atoms with van der Waals surface area (Å²) in [5.41, 5.74) is -0.520. The van der Waals surface area contributed by atoms with Crippen molar-refractivity contribution in [1.29, 1.82) is 0 Å². The molecule has 0 aliphatic rings. The van der Waals surface area contributed by atoms with E-state index >= 15 is 0 Å². The van der Waals surface area contributed by atoms with Crippen LogP contribution in [0, 0.1) is 0 Å². The minimum Gasteiger partial charge on any atom is -0.497 e. The van der Waals surface area contributed by atoms with Gasteiger partial charge in [0.2, 0.25) is 11.7 Å². The summed E-state index contributed by atoms with van der Waals surface area (Å²) in [6, 6.07) is 7.28. The Hall–Kier alpha value is -3.82. The lowest BCUT2D eigenvalue weighted by Gasteiger charge is -2.15. The summed E-state index contributed by atoms with van der Waals surface area (Å²) >= 11 is 0. The Morgan fingerprint density at radius 1 is 1.03 bits per heavy atom. The zero-order chi connectivity index (χ0) is 23.2. The molecule has 10 nitrogen and oxygen atoms in total. The van der Waals surface area contributed by atoms with Crippen LogP contribution in [0.1, 0.15) is 30.9 Å². The third-order valence-corrected chi connectivity index (χ3v) is 5.75. The summed E-state index contributed by atoms with van der Waals surface area (Å²) in [5, 5.41) is 11.1. The van der Waals surface area contributed by atoms with Crippen molar-refractivity contribution in [1.82, 2.24) is 23.1 Å². The van der Waals surface area contributed by atoms with Gasteiger partial charge in [-0.05, 0) is 30.5 Å². The van der Waals surface area contributed by atoms with Crippen molar-refractivity contribution in [2.75, 3.05) is 7.11 Å². The topological polar surface area (TPSA) is 113 Å². The highest BCUT2D eigenvalue weighted by Gasteiger charge is 2.24. The maximum atomic E-state index is 13.4. The molecule has 0 atom stereocenters. The third kappa shape index (κ3) is 3.19. The number of hydrogen-bond donors (Lipinski definition) is 1. The highest BCUT2D eigenvalue weighted by molar-refractivity contribution is 5.75. The van der Waals surface area contributed by atoms with Crippen molar-refractivity contribution in [3.8, 4) is 11.6 Å². The number of benzene rings is 1. The molecule has 3 aromatic heterocycles. The lowest BCUT2D eigenvalue weighted by Crippen LogP contribution is -2.38. The molecule has 0 aliphatic carbocycles. The number of aromatic nitrogens is 5. The first kappa shape index (κ1) is 21.4. The van der Waals surface area contributed by atoms with Crippen LogP contribution in [0.25, 0.3) is 16.9 Å². The maximum Gasteiger partial charge on any atom is 0.332 e. The molecule has 0 saturated heterocycles. The molecule has 0 radical (unpaired) electrons. The van der Waals surface area contributed by atoms with Crippen LogP contribution >= 0.6 is 0 Å². The summed E-state index contributed by atoms with van der Waals surface area (Å²) in [7, 11) is 4.43. The quantitative estimate of drug-likeness (QED) is 0.482. The largest absolute Gasteiger partial charge is 0.497 e. The molecule has 1 aromatic carbocycles. The number of hydrogen-bond acceptors (Lipinski definition) is 6. The Balaban J connectivity index is 2.10. The standard InChI is InChI=1S/C22H25N5O5/c1-5-6-7-15-18(28)26(12-13-8-10-14(32-4)11-9-13)21-23-17-16(27(21)19(15)29)20(30)25(3)22(31)24(17)2/h8-11,28H,5-7,12H2,1-4H3. The number of fused-ring (bicyclic) bond motifs is 3. The number of ether oxygens (including phenoxy) is 1. The SMILES string of the molecule is CCCCc1c(O)n(Cc2ccc(OC)cc2)c2nc3c(c(=O)n(C)c(=O)n3C)n2c1=O. The Kier molecular flexibility index (Phi) is 5.37. The lowest BCUT2D eigenvalue weighted by molar-refractivity contribution is 0.409. The molecule has 3 heterocycles. The van der Waals surface area contributed by atoms with Crippen molar-refractivity contribution in [3.05, 3.63) is 66.6 Å². The van der Waals surface area contributed by atoms with Gasteiger partial charge in [-0.15, -0.1) is 0 Å². The summed E-state index contributed by atoms with van der Waals surface area (Å²) < 4.78 is 10.1. The number of unbranched alkanes of at least 4 members (excludes halogenated alkanes) is 1. The summed E-state index contributed by atoms with van der Waals surface area (Å²) in [6.45, 7) is 2.19. The summed E-state index contributed by atoms with van der Waals surface area (Å²) in [5.74, 6) is 0.595. The van der Waals surface area contributed by atoms with Crippen molar-refractivity contribution in [2.24, 2.45) is 14.1 Å². The first-order valence-electron chi connectivity index (χ1n) is 10.4. The van der Waals surface area contributed by atoms with Gasteiger partial charge in [0.05, 0.1) is 19.2 Å². The molecule has 0 aliphatic heterocycles. The van der Waals surface area contributed by atoms with Crippen LogP contribution in [0.15, 0.2) is 38.6 Å². The summed E-state index contributed by atoms with van der Waals surface area (Å²) in [4.78, 5) is 43.2. The zero-order valence-corrected chi connectivity index (χ0v) is 18.5. The normalized spacial score (nSPS) is 11.5. The Labute approximate surface area is 182 Å². The van der Waals surface area contributed by atoms with Crippen molar-refractivity contribution < 1.29 is 9.84 Å². The molecule has 0 unspecified atom stereocenters.